The molecule has 3 aromatic carbocycles. The third-order valence-electron chi connectivity index (χ3n) is 7.18. The zero-order valence-corrected chi connectivity index (χ0v) is 22.2. The van der Waals surface area contributed by atoms with Gasteiger partial charge in [-0.1, -0.05) is 74.0 Å². The van der Waals surface area contributed by atoms with E-state index in [9.17, 15) is 9.59 Å². The minimum absolute atomic E-state index is 0.0907. The first-order chi connectivity index (χ1) is 17.8. The summed E-state index contributed by atoms with van der Waals surface area (Å²) in [6.07, 6.45) is 3.37. The van der Waals surface area contributed by atoms with Crippen molar-refractivity contribution in [1.82, 2.24) is 14.8 Å². The molecule has 2 amide bonds. The third kappa shape index (κ3) is 4.88. The van der Waals surface area contributed by atoms with Gasteiger partial charge in [0.2, 0.25) is 5.91 Å². The Labute approximate surface area is 223 Å². The molecule has 1 aliphatic heterocycles. The van der Waals surface area contributed by atoms with Crippen LogP contribution in [0.15, 0.2) is 79.0 Å². The summed E-state index contributed by atoms with van der Waals surface area (Å²) in [4.78, 5) is 29.4. The van der Waals surface area contributed by atoms with Crippen molar-refractivity contribution >= 4 is 34.3 Å². The van der Waals surface area contributed by atoms with Gasteiger partial charge in [0, 0.05) is 46.8 Å². The summed E-state index contributed by atoms with van der Waals surface area (Å²) in [6, 6.07) is 22.7. The second-order valence-corrected chi connectivity index (χ2v) is 10.7. The molecule has 0 spiro atoms. The van der Waals surface area contributed by atoms with Gasteiger partial charge in [-0.15, -0.1) is 0 Å². The molecule has 4 aromatic rings. The van der Waals surface area contributed by atoms with Crippen LogP contribution in [-0.4, -0.2) is 33.9 Å². The molecule has 5 rings (SSSR count). The fraction of sp³-hybridized carbons (Fsp3) is 0.290. The zero-order valence-electron chi connectivity index (χ0n) is 21.4. The van der Waals surface area contributed by atoms with Gasteiger partial charge in [0.1, 0.15) is 6.04 Å². The number of hydrogen-bond acceptors (Lipinski definition) is 2. The predicted molar refractivity (Wildman–Crippen MR) is 149 cm³/mol. The molecule has 37 heavy (non-hydrogen) atoms. The zero-order chi connectivity index (χ0) is 26.1. The van der Waals surface area contributed by atoms with Gasteiger partial charge in [-0.2, -0.15) is 0 Å². The fourth-order valence-corrected chi connectivity index (χ4v) is 5.58. The molecule has 0 saturated heterocycles. The number of benzene rings is 3. The number of rotatable bonds is 8. The number of amides is 2. The number of aromatic nitrogens is 1. The van der Waals surface area contributed by atoms with E-state index in [1.54, 1.807) is 0 Å². The summed E-state index contributed by atoms with van der Waals surface area (Å²) >= 11 is 6.00. The third-order valence-corrected chi connectivity index (χ3v) is 7.43. The second-order valence-electron chi connectivity index (χ2n) is 10.2. The summed E-state index contributed by atoms with van der Waals surface area (Å²) in [5.41, 5.74) is 4.86. The van der Waals surface area contributed by atoms with Gasteiger partial charge in [0.25, 0.3) is 5.91 Å². The molecule has 2 atom stereocenters. The van der Waals surface area contributed by atoms with Crippen LogP contribution >= 0.6 is 11.6 Å². The first-order valence-corrected chi connectivity index (χ1v) is 13.2. The molecule has 1 N–H and O–H groups in total. The standard InChI is InChI=1S/C31H32ClN3O2/c1-20(2)18-28(30(36)33-17-16-21-12-14-22(32)15-13-21)35-29(24-9-4-5-10-25(24)31(35)37)26-19-34(3)27-11-7-6-8-23(26)27/h4-15,19-20,28-29H,16-18H2,1-3H3,(H,33,36). The summed E-state index contributed by atoms with van der Waals surface area (Å²) in [5.74, 6) is 0.0257. The van der Waals surface area contributed by atoms with Crippen molar-refractivity contribution in [1.29, 1.82) is 0 Å². The van der Waals surface area contributed by atoms with E-state index in [4.69, 9.17) is 11.6 Å². The largest absolute Gasteiger partial charge is 0.354 e. The molecule has 0 aliphatic carbocycles. The maximum atomic E-state index is 13.9. The van der Waals surface area contributed by atoms with E-state index in [0.717, 1.165) is 27.6 Å². The van der Waals surface area contributed by atoms with Crippen LogP contribution < -0.4 is 5.32 Å². The number of nitrogens with zero attached hydrogens (tertiary/aromatic N) is 2. The SMILES string of the molecule is CC(C)CC(C(=O)NCCc1ccc(Cl)cc1)N1C(=O)c2ccccc2C1c1cn(C)c2ccccc12. The average molecular weight is 514 g/mol. The van der Waals surface area contributed by atoms with Gasteiger partial charge in [0.05, 0.1) is 6.04 Å². The Morgan fingerprint density at radius 1 is 0.973 bits per heavy atom. The van der Waals surface area contributed by atoms with Crippen LogP contribution in [0.3, 0.4) is 0 Å². The van der Waals surface area contributed by atoms with Gasteiger partial charge in [-0.3, -0.25) is 9.59 Å². The predicted octanol–water partition coefficient (Wildman–Crippen LogP) is 6.15. The highest BCUT2D eigenvalue weighted by Crippen LogP contribution is 2.43. The molecule has 6 heteroatoms. The van der Waals surface area contributed by atoms with E-state index >= 15 is 0 Å². The quantitative estimate of drug-likeness (QED) is 0.307. The molecular formula is C31H32ClN3O2. The number of hydrogen-bond donors (Lipinski definition) is 1. The van der Waals surface area contributed by atoms with E-state index in [2.05, 4.69) is 42.1 Å². The lowest BCUT2D eigenvalue weighted by Crippen LogP contribution is -2.49. The molecule has 0 radical (unpaired) electrons. The lowest BCUT2D eigenvalue weighted by Gasteiger charge is -2.34. The Balaban J connectivity index is 1.50. The number of aryl methyl sites for hydroxylation is 1. The Bertz CT molecular complexity index is 1440. The van der Waals surface area contributed by atoms with Crippen LogP contribution in [-0.2, 0) is 18.3 Å². The number of halogens is 1. The minimum Gasteiger partial charge on any atom is -0.354 e. The van der Waals surface area contributed by atoms with Crippen molar-refractivity contribution in [3.05, 3.63) is 106 Å². The maximum Gasteiger partial charge on any atom is 0.255 e. The van der Waals surface area contributed by atoms with Crippen molar-refractivity contribution in [2.45, 2.75) is 38.8 Å². The van der Waals surface area contributed by atoms with Gasteiger partial charge in [-0.25, -0.2) is 0 Å². The normalized spacial score (nSPS) is 15.9. The van der Waals surface area contributed by atoms with Crippen LogP contribution in [0, 0.1) is 5.92 Å². The average Bonchev–Trinajstić information content (AvgIpc) is 3.37. The summed E-state index contributed by atoms with van der Waals surface area (Å²) in [7, 11) is 2.02. The summed E-state index contributed by atoms with van der Waals surface area (Å²) in [5, 5.41) is 4.90. The summed E-state index contributed by atoms with van der Waals surface area (Å²) < 4.78 is 2.10. The maximum absolute atomic E-state index is 13.9. The lowest BCUT2D eigenvalue weighted by molar-refractivity contribution is -0.126. The van der Waals surface area contributed by atoms with Gasteiger partial charge >= 0.3 is 0 Å². The molecule has 0 fully saturated rings. The molecule has 0 saturated carbocycles. The fourth-order valence-electron chi connectivity index (χ4n) is 5.46. The number of carbonyl (C=O) groups is 2. The first kappa shape index (κ1) is 25.1. The molecule has 2 unspecified atom stereocenters. The van der Waals surface area contributed by atoms with Crippen molar-refractivity contribution < 1.29 is 9.59 Å². The molecule has 0 bridgehead atoms. The first-order valence-electron chi connectivity index (χ1n) is 12.8. The van der Waals surface area contributed by atoms with Crippen LogP contribution in [0.4, 0.5) is 0 Å². The van der Waals surface area contributed by atoms with Crippen molar-refractivity contribution in [2.75, 3.05) is 6.54 Å². The number of carbonyl (C=O) groups excluding carboxylic acids is 2. The highest BCUT2D eigenvalue weighted by Gasteiger charge is 2.44. The Kier molecular flexibility index (Phi) is 7.07. The molecule has 190 valence electrons. The Morgan fingerprint density at radius 3 is 2.43 bits per heavy atom. The highest BCUT2D eigenvalue weighted by molar-refractivity contribution is 6.30. The van der Waals surface area contributed by atoms with E-state index in [1.165, 1.54) is 0 Å². The Hall–Kier alpha value is -3.57. The number of nitrogens with one attached hydrogen (secondary N) is 1. The number of para-hydroxylation sites is 1. The van der Waals surface area contributed by atoms with Gasteiger partial charge in [0.15, 0.2) is 0 Å². The van der Waals surface area contributed by atoms with Crippen molar-refractivity contribution in [3.8, 4) is 0 Å². The topological polar surface area (TPSA) is 54.3 Å². The molecule has 2 heterocycles. The van der Waals surface area contributed by atoms with E-state index in [0.29, 0.717) is 30.0 Å². The van der Waals surface area contributed by atoms with E-state index < -0.39 is 6.04 Å². The van der Waals surface area contributed by atoms with E-state index in [1.807, 2.05) is 72.6 Å². The van der Waals surface area contributed by atoms with Crippen molar-refractivity contribution in [2.24, 2.45) is 13.0 Å². The Morgan fingerprint density at radius 2 is 1.68 bits per heavy atom. The van der Waals surface area contributed by atoms with Crippen LogP contribution in [0.25, 0.3) is 10.9 Å². The number of fused-ring (bicyclic) bond motifs is 2. The highest BCUT2D eigenvalue weighted by atomic mass is 35.5. The summed E-state index contributed by atoms with van der Waals surface area (Å²) in [6.45, 7) is 4.67. The van der Waals surface area contributed by atoms with Crippen molar-refractivity contribution in [3.63, 3.8) is 0 Å². The monoisotopic (exact) mass is 513 g/mol. The molecular weight excluding hydrogens is 482 g/mol. The van der Waals surface area contributed by atoms with Crippen LogP contribution in [0.5, 0.6) is 0 Å². The molecule has 1 aromatic heterocycles. The lowest BCUT2D eigenvalue weighted by atomic mass is 9.95. The molecule has 1 aliphatic rings. The van der Waals surface area contributed by atoms with Gasteiger partial charge < -0.3 is 14.8 Å². The van der Waals surface area contributed by atoms with Crippen LogP contribution in [0.2, 0.25) is 5.02 Å². The minimum atomic E-state index is -0.589. The molecule has 5 nitrogen and oxygen atoms in total. The van der Waals surface area contributed by atoms with Gasteiger partial charge in [-0.05, 0) is 54.2 Å². The smallest absolute Gasteiger partial charge is 0.255 e. The van der Waals surface area contributed by atoms with Crippen LogP contribution in [0.1, 0.15) is 53.4 Å². The van der Waals surface area contributed by atoms with E-state index in [-0.39, 0.29) is 23.8 Å². The second kappa shape index (κ2) is 10.4.